The molecule has 0 atom stereocenters. The summed E-state index contributed by atoms with van der Waals surface area (Å²) < 4.78 is 10.3. The van der Waals surface area contributed by atoms with E-state index in [-0.39, 0.29) is 24.8 Å². The molecule has 0 aromatic heterocycles. The van der Waals surface area contributed by atoms with Crippen LogP contribution in [-0.4, -0.2) is 32.6 Å². The van der Waals surface area contributed by atoms with Gasteiger partial charge in [-0.05, 0) is 24.3 Å². The quantitative estimate of drug-likeness (QED) is 0.840. The normalized spacial score (nSPS) is 10.0. The first-order valence-electron chi connectivity index (χ1n) is 7.89. The Labute approximate surface area is 147 Å². The van der Waals surface area contributed by atoms with Gasteiger partial charge in [0.15, 0.2) is 0 Å². The average molecular weight is 342 g/mol. The lowest BCUT2D eigenvalue weighted by molar-refractivity contribution is -0.117. The minimum atomic E-state index is -0.178. The van der Waals surface area contributed by atoms with Crippen LogP contribution in [0.15, 0.2) is 48.5 Å². The Balaban J connectivity index is 2.00. The van der Waals surface area contributed by atoms with Crippen molar-refractivity contribution in [1.82, 2.24) is 0 Å². The van der Waals surface area contributed by atoms with Gasteiger partial charge in [0.25, 0.3) is 0 Å². The minimum Gasteiger partial charge on any atom is -0.497 e. The zero-order valence-corrected chi connectivity index (χ0v) is 14.6. The van der Waals surface area contributed by atoms with Crippen LogP contribution in [0.2, 0.25) is 0 Å². The number of rotatable bonds is 7. The molecule has 25 heavy (non-hydrogen) atoms. The lowest BCUT2D eigenvalue weighted by Gasteiger charge is -2.21. The molecule has 0 saturated carbocycles. The number of nitrogens with zero attached hydrogens (tertiary/aromatic N) is 1. The van der Waals surface area contributed by atoms with Crippen molar-refractivity contribution in [2.75, 3.05) is 31.0 Å². The monoisotopic (exact) mass is 342 g/mol. The number of hydrogen-bond donors (Lipinski definition) is 1. The van der Waals surface area contributed by atoms with E-state index in [0.29, 0.717) is 22.9 Å². The summed E-state index contributed by atoms with van der Waals surface area (Å²) in [5.74, 6) is 1.01. The molecule has 0 heterocycles. The minimum absolute atomic E-state index is 0.137. The van der Waals surface area contributed by atoms with Gasteiger partial charge >= 0.3 is 0 Å². The first-order chi connectivity index (χ1) is 12.0. The van der Waals surface area contributed by atoms with Gasteiger partial charge in [-0.2, -0.15) is 0 Å². The summed E-state index contributed by atoms with van der Waals surface area (Å²) in [4.78, 5) is 25.7. The third kappa shape index (κ3) is 5.24. The van der Waals surface area contributed by atoms with E-state index in [9.17, 15) is 9.59 Å². The van der Waals surface area contributed by atoms with Crippen LogP contribution in [0.3, 0.4) is 0 Å². The summed E-state index contributed by atoms with van der Waals surface area (Å²) >= 11 is 0. The zero-order valence-electron chi connectivity index (χ0n) is 14.6. The zero-order chi connectivity index (χ0) is 18.2. The van der Waals surface area contributed by atoms with Gasteiger partial charge in [-0.1, -0.05) is 12.1 Å². The van der Waals surface area contributed by atoms with E-state index in [1.807, 2.05) is 6.07 Å². The van der Waals surface area contributed by atoms with Crippen molar-refractivity contribution >= 4 is 23.2 Å². The fraction of sp³-hybridized carbons (Fsp3) is 0.263. The molecule has 0 aliphatic rings. The van der Waals surface area contributed by atoms with Gasteiger partial charge in [0, 0.05) is 43.4 Å². The SMILES string of the molecule is COc1cccc(NC(=O)CCN(C(C)=O)c2cccc(OC)c2)c1. The average Bonchev–Trinajstić information content (AvgIpc) is 2.62. The summed E-state index contributed by atoms with van der Waals surface area (Å²) in [7, 11) is 3.14. The van der Waals surface area contributed by atoms with Crippen LogP contribution in [0, 0.1) is 0 Å². The summed E-state index contributed by atoms with van der Waals surface area (Å²) in [6.07, 6.45) is 0.175. The molecule has 0 aliphatic heterocycles. The smallest absolute Gasteiger partial charge is 0.226 e. The number of benzene rings is 2. The molecule has 1 N–H and O–H groups in total. The van der Waals surface area contributed by atoms with E-state index in [0.717, 1.165) is 0 Å². The van der Waals surface area contributed by atoms with Crippen LogP contribution in [0.4, 0.5) is 11.4 Å². The predicted molar refractivity (Wildman–Crippen MR) is 97.3 cm³/mol. The summed E-state index contributed by atoms with van der Waals surface area (Å²) in [6, 6.07) is 14.3. The second-order valence-corrected chi connectivity index (χ2v) is 5.40. The van der Waals surface area contributed by atoms with Gasteiger partial charge in [-0.15, -0.1) is 0 Å². The fourth-order valence-electron chi connectivity index (χ4n) is 2.38. The highest BCUT2D eigenvalue weighted by Gasteiger charge is 2.14. The van der Waals surface area contributed by atoms with Crippen LogP contribution >= 0.6 is 0 Å². The number of anilines is 2. The highest BCUT2D eigenvalue weighted by Crippen LogP contribution is 2.22. The lowest BCUT2D eigenvalue weighted by Crippen LogP contribution is -2.31. The molecule has 0 aliphatic carbocycles. The highest BCUT2D eigenvalue weighted by molar-refractivity contribution is 5.95. The number of carbonyl (C=O) groups is 2. The fourth-order valence-corrected chi connectivity index (χ4v) is 2.38. The van der Waals surface area contributed by atoms with E-state index < -0.39 is 0 Å². The molecule has 6 heteroatoms. The topological polar surface area (TPSA) is 67.9 Å². The van der Waals surface area contributed by atoms with Gasteiger partial charge in [0.1, 0.15) is 11.5 Å². The number of amides is 2. The summed E-state index contributed by atoms with van der Waals surface area (Å²) in [5.41, 5.74) is 1.35. The van der Waals surface area contributed by atoms with E-state index in [4.69, 9.17) is 9.47 Å². The van der Waals surface area contributed by atoms with Crippen LogP contribution in [0.25, 0.3) is 0 Å². The molecule has 0 unspecified atom stereocenters. The van der Waals surface area contributed by atoms with E-state index in [2.05, 4.69) is 5.32 Å². The maximum Gasteiger partial charge on any atom is 0.226 e. The van der Waals surface area contributed by atoms with Crippen molar-refractivity contribution < 1.29 is 19.1 Å². The maximum absolute atomic E-state index is 12.2. The lowest BCUT2D eigenvalue weighted by atomic mass is 10.2. The van der Waals surface area contributed by atoms with Crippen LogP contribution < -0.4 is 19.7 Å². The van der Waals surface area contributed by atoms with Crippen molar-refractivity contribution in [3.05, 3.63) is 48.5 Å². The highest BCUT2D eigenvalue weighted by atomic mass is 16.5. The van der Waals surface area contributed by atoms with Crippen molar-refractivity contribution in [2.45, 2.75) is 13.3 Å². The molecule has 2 rings (SSSR count). The molecular formula is C19H22N2O4. The Bertz CT molecular complexity index is 746. The molecule has 6 nitrogen and oxygen atoms in total. The number of ether oxygens (including phenoxy) is 2. The molecule has 132 valence electrons. The van der Waals surface area contributed by atoms with Crippen LogP contribution in [-0.2, 0) is 9.59 Å². The van der Waals surface area contributed by atoms with Crippen molar-refractivity contribution in [3.8, 4) is 11.5 Å². The van der Waals surface area contributed by atoms with Crippen LogP contribution in [0.5, 0.6) is 11.5 Å². The number of methoxy groups -OCH3 is 2. The second-order valence-electron chi connectivity index (χ2n) is 5.40. The molecule has 2 aromatic rings. The number of carbonyl (C=O) groups excluding carboxylic acids is 2. The molecule has 2 amide bonds. The van der Waals surface area contributed by atoms with E-state index in [1.54, 1.807) is 61.6 Å². The first-order valence-corrected chi connectivity index (χ1v) is 7.89. The van der Waals surface area contributed by atoms with Crippen molar-refractivity contribution in [2.24, 2.45) is 0 Å². The number of hydrogen-bond acceptors (Lipinski definition) is 4. The molecule has 0 spiro atoms. The van der Waals surface area contributed by atoms with E-state index in [1.165, 1.54) is 6.92 Å². The standard InChI is InChI=1S/C19H22N2O4/c1-14(22)21(16-7-5-9-18(13-16)25-3)11-10-19(23)20-15-6-4-8-17(12-15)24-2/h4-9,12-13H,10-11H2,1-3H3,(H,20,23). The second kappa shape index (κ2) is 8.73. The number of nitrogens with one attached hydrogen (secondary N) is 1. The Morgan fingerprint density at radius 2 is 1.64 bits per heavy atom. The Kier molecular flexibility index (Phi) is 6.39. The van der Waals surface area contributed by atoms with Gasteiger partial charge in [-0.3, -0.25) is 9.59 Å². The third-order valence-electron chi connectivity index (χ3n) is 3.66. The molecule has 2 aromatic carbocycles. The van der Waals surface area contributed by atoms with Gasteiger partial charge in [-0.25, -0.2) is 0 Å². The molecule has 0 radical (unpaired) electrons. The van der Waals surface area contributed by atoms with Crippen molar-refractivity contribution in [3.63, 3.8) is 0 Å². The molecule has 0 bridgehead atoms. The van der Waals surface area contributed by atoms with Gasteiger partial charge in [0.05, 0.1) is 14.2 Å². The predicted octanol–water partition coefficient (Wildman–Crippen LogP) is 3.09. The van der Waals surface area contributed by atoms with Crippen LogP contribution in [0.1, 0.15) is 13.3 Å². The summed E-state index contributed by atoms with van der Waals surface area (Å²) in [6.45, 7) is 1.75. The first kappa shape index (κ1) is 18.3. The Hall–Kier alpha value is -3.02. The Morgan fingerprint density at radius 3 is 2.28 bits per heavy atom. The van der Waals surface area contributed by atoms with Gasteiger partial charge < -0.3 is 19.7 Å². The van der Waals surface area contributed by atoms with Gasteiger partial charge in [0.2, 0.25) is 11.8 Å². The van der Waals surface area contributed by atoms with Crippen molar-refractivity contribution in [1.29, 1.82) is 0 Å². The Morgan fingerprint density at radius 1 is 1.00 bits per heavy atom. The molecule has 0 fully saturated rings. The third-order valence-corrected chi connectivity index (χ3v) is 3.66. The molecular weight excluding hydrogens is 320 g/mol. The molecule has 0 saturated heterocycles. The summed E-state index contributed by atoms with van der Waals surface area (Å²) in [5, 5.41) is 2.80. The van der Waals surface area contributed by atoms with E-state index >= 15 is 0 Å². The largest absolute Gasteiger partial charge is 0.497 e. The maximum atomic E-state index is 12.2.